The van der Waals surface area contributed by atoms with Crippen molar-refractivity contribution >= 4 is 23.5 Å². The molecule has 2 amide bonds. The predicted octanol–water partition coefficient (Wildman–Crippen LogP) is 0.944. The SMILES string of the molecule is COC(=O)[C@]1(C)[NH2+][C@@H](c2ccco2)[C@@H]2C(=O)N(c3ccc(C)cc3)C(=O)[C@H]21. The van der Waals surface area contributed by atoms with Gasteiger partial charge >= 0.3 is 5.97 Å². The third-order valence-electron chi connectivity index (χ3n) is 5.70. The van der Waals surface area contributed by atoms with Gasteiger partial charge in [-0.15, -0.1) is 0 Å². The van der Waals surface area contributed by atoms with Gasteiger partial charge in [0, 0.05) is 6.92 Å². The van der Waals surface area contributed by atoms with Gasteiger partial charge in [0.25, 0.3) is 0 Å². The number of benzene rings is 1. The third kappa shape index (κ3) is 2.42. The van der Waals surface area contributed by atoms with Crippen LogP contribution in [0.1, 0.15) is 24.3 Å². The van der Waals surface area contributed by atoms with Crippen LogP contribution in [0.2, 0.25) is 0 Å². The molecule has 2 aromatic rings. The summed E-state index contributed by atoms with van der Waals surface area (Å²) in [5.74, 6) is -2.20. The number of rotatable bonds is 3. The standard InChI is InChI=1S/C20H20N2O5/c1-11-6-8-12(9-7-11)22-17(23)14-15(18(22)24)20(2,19(25)26-3)21-16(14)13-5-4-10-27-13/h4-10,14-16,21H,1-3H3/p+1/t14-,15+,16+,20-/m1/s1. The van der Waals surface area contributed by atoms with Crippen molar-refractivity contribution in [3.63, 3.8) is 0 Å². The highest BCUT2D eigenvalue weighted by molar-refractivity contribution is 6.23. The highest BCUT2D eigenvalue weighted by Gasteiger charge is 2.71. The lowest BCUT2D eigenvalue weighted by Crippen LogP contribution is -2.97. The quantitative estimate of drug-likeness (QED) is 0.642. The lowest BCUT2D eigenvalue weighted by Gasteiger charge is -2.25. The minimum absolute atomic E-state index is 0.320. The maximum atomic E-state index is 13.3. The number of methoxy groups -OCH3 is 1. The number of anilines is 1. The predicted molar refractivity (Wildman–Crippen MR) is 94.4 cm³/mol. The maximum absolute atomic E-state index is 13.3. The number of furan rings is 1. The first-order valence-electron chi connectivity index (χ1n) is 8.81. The van der Waals surface area contributed by atoms with E-state index in [0.717, 1.165) is 5.56 Å². The summed E-state index contributed by atoms with van der Waals surface area (Å²) in [7, 11) is 1.29. The molecule has 0 bridgehead atoms. The van der Waals surface area contributed by atoms with Crippen LogP contribution in [0, 0.1) is 18.8 Å². The number of ether oxygens (including phenoxy) is 1. The average molecular weight is 369 g/mol. The van der Waals surface area contributed by atoms with Crippen LogP contribution in [-0.4, -0.2) is 30.4 Å². The number of carbonyl (C=O) groups excluding carboxylic acids is 3. The molecule has 7 heteroatoms. The van der Waals surface area contributed by atoms with E-state index < -0.39 is 29.4 Å². The van der Waals surface area contributed by atoms with Crippen LogP contribution in [0.25, 0.3) is 0 Å². The van der Waals surface area contributed by atoms with Crippen molar-refractivity contribution in [2.45, 2.75) is 25.4 Å². The Morgan fingerprint density at radius 2 is 1.89 bits per heavy atom. The minimum atomic E-state index is -1.21. The fourth-order valence-corrected chi connectivity index (χ4v) is 4.37. The summed E-state index contributed by atoms with van der Waals surface area (Å²) < 4.78 is 10.5. The smallest absolute Gasteiger partial charge is 0.368 e. The minimum Gasteiger partial charge on any atom is -0.464 e. The molecule has 1 aromatic heterocycles. The number of esters is 1. The molecule has 0 unspecified atom stereocenters. The van der Waals surface area contributed by atoms with Crippen molar-refractivity contribution in [3.8, 4) is 0 Å². The van der Waals surface area contributed by atoms with Gasteiger partial charge in [-0.3, -0.25) is 9.59 Å². The summed E-state index contributed by atoms with van der Waals surface area (Å²) in [5, 5.41) is 1.73. The Morgan fingerprint density at radius 1 is 1.19 bits per heavy atom. The monoisotopic (exact) mass is 369 g/mol. The van der Waals surface area contributed by atoms with Gasteiger partial charge in [0.2, 0.25) is 17.4 Å². The van der Waals surface area contributed by atoms with E-state index >= 15 is 0 Å². The lowest BCUT2D eigenvalue weighted by atomic mass is 9.81. The topological polar surface area (TPSA) is 93.4 Å². The van der Waals surface area contributed by atoms with E-state index in [1.54, 1.807) is 36.5 Å². The van der Waals surface area contributed by atoms with Crippen molar-refractivity contribution in [2.24, 2.45) is 11.8 Å². The van der Waals surface area contributed by atoms with Crippen LogP contribution in [-0.2, 0) is 19.1 Å². The van der Waals surface area contributed by atoms with Gasteiger partial charge in [-0.1, -0.05) is 17.7 Å². The maximum Gasteiger partial charge on any atom is 0.368 e. The van der Waals surface area contributed by atoms with Crippen molar-refractivity contribution in [1.82, 2.24) is 0 Å². The summed E-state index contributed by atoms with van der Waals surface area (Å²) in [6, 6.07) is 10.2. The Morgan fingerprint density at radius 3 is 2.48 bits per heavy atom. The average Bonchev–Trinajstić information content (AvgIpc) is 3.34. The molecular weight excluding hydrogens is 348 g/mol. The number of imide groups is 1. The summed E-state index contributed by atoms with van der Waals surface area (Å²) in [6.07, 6.45) is 1.52. The van der Waals surface area contributed by atoms with Crippen molar-refractivity contribution in [3.05, 3.63) is 54.0 Å². The van der Waals surface area contributed by atoms with E-state index in [4.69, 9.17) is 9.15 Å². The van der Waals surface area contributed by atoms with Gasteiger partial charge in [-0.05, 0) is 31.2 Å². The normalized spacial score (nSPS) is 29.9. The zero-order valence-electron chi connectivity index (χ0n) is 15.3. The second-order valence-electron chi connectivity index (χ2n) is 7.33. The van der Waals surface area contributed by atoms with E-state index in [2.05, 4.69) is 0 Å². The van der Waals surface area contributed by atoms with Gasteiger partial charge in [0.05, 0.1) is 19.1 Å². The molecular formula is C20H21N2O5+. The number of nitrogens with zero attached hydrogens (tertiary/aromatic N) is 1. The molecule has 0 aliphatic carbocycles. The van der Waals surface area contributed by atoms with E-state index in [0.29, 0.717) is 11.4 Å². The second-order valence-corrected chi connectivity index (χ2v) is 7.33. The number of hydrogen-bond donors (Lipinski definition) is 1. The summed E-state index contributed by atoms with van der Waals surface area (Å²) >= 11 is 0. The zero-order chi connectivity index (χ0) is 19.3. The van der Waals surface area contributed by atoms with Crippen LogP contribution < -0.4 is 10.2 Å². The van der Waals surface area contributed by atoms with Gasteiger partial charge in [-0.2, -0.15) is 0 Å². The molecule has 4 rings (SSSR count). The molecule has 27 heavy (non-hydrogen) atoms. The first-order chi connectivity index (χ1) is 12.9. The number of quaternary nitrogens is 1. The van der Waals surface area contributed by atoms with Gasteiger partial charge in [-0.25, -0.2) is 9.69 Å². The summed E-state index contributed by atoms with van der Waals surface area (Å²) in [4.78, 5) is 40.3. The van der Waals surface area contributed by atoms with Gasteiger partial charge < -0.3 is 14.5 Å². The zero-order valence-corrected chi connectivity index (χ0v) is 15.3. The molecule has 3 heterocycles. The Balaban J connectivity index is 1.81. The molecule has 0 radical (unpaired) electrons. The Labute approximate surface area is 156 Å². The molecule has 0 spiro atoms. The van der Waals surface area contributed by atoms with E-state index in [-0.39, 0.29) is 11.8 Å². The Kier molecular flexibility index (Phi) is 3.92. The first-order valence-corrected chi connectivity index (χ1v) is 8.81. The highest BCUT2D eigenvalue weighted by Crippen LogP contribution is 2.45. The fraction of sp³-hybridized carbons (Fsp3) is 0.350. The van der Waals surface area contributed by atoms with Crippen LogP contribution >= 0.6 is 0 Å². The molecule has 7 nitrogen and oxygen atoms in total. The molecule has 2 fully saturated rings. The largest absolute Gasteiger partial charge is 0.464 e. The molecule has 2 N–H and O–H groups in total. The molecule has 2 saturated heterocycles. The van der Waals surface area contributed by atoms with Crippen molar-refractivity contribution in [2.75, 3.05) is 12.0 Å². The summed E-state index contributed by atoms with van der Waals surface area (Å²) in [6.45, 7) is 3.59. The number of fused-ring (bicyclic) bond motifs is 1. The summed E-state index contributed by atoms with van der Waals surface area (Å²) in [5.41, 5.74) is 0.331. The molecule has 2 aliphatic rings. The van der Waals surface area contributed by atoms with E-state index in [1.165, 1.54) is 18.3 Å². The Hall–Kier alpha value is -2.93. The second kappa shape index (κ2) is 6.06. The number of aryl methyl sites for hydroxylation is 1. The lowest BCUT2D eigenvalue weighted by molar-refractivity contribution is -0.732. The van der Waals surface area contributed by atoms with E-state index in [9.17, 15) is 14.4 Å². The fourth-order valence-electron chi connectivity index (χ4n) is 4.37. The number of hydrogen-bond acceptors (Lipinski definition) is 5. The number of nitrogens with two attached hydrogens (primary N) is 1. The van der Waals surface area contributed by atoms with Crippen LogP contribution in [0.15, 0.2) is 47.1 Å². The highest BCUT2D eigenvalue weighted by atomic mass is 16.5. The number of amides is 2. The number of carbonyl (C=O) groups is 3. The van der Waals surface area contributed by atoms with Crippen molar-refractivity contribution in [1.29, 1.82) is 0 Å². The van der Waals surface area contributed by atoms with Gasteiger partial charge in [0.15, 0.2) is 11.8 Å². The van der Waals surface area contributed by atoms with Gasteiger partial charge in [0.1, 0.15) is 11.8 Å². The molecule has 140 valence electrons. The van der Waals surface area contributed by atoms with Crippen molar-refractivity contribution < 1.29 is 28.9 Å². The molecule has 2 aliphatic heterocycles. The Bertz CT molecular complexity index is 905. The third-order valence-corrected chi connectivity index (χ3v) is 5.70. The van der Waals surface area contributed by atoms with E-state index in [1.807, 2.05) is 19.1 Å². The molecule has 0 saturated carbocycles. The first kappa shape index (κ1) is 17.5. The molecule has 4 atom stereocenters. The van der Waals surface area contributed by atoms with Crippen LogP contribution in [0.5, 0.6) is 0 Å². The van der Waals surface area contributed by atoms with Crippen LogP contribution in [0.4, 0.5) is 5.69 Å². The molecule has 1 aromatic carbocycles. The van der Waals surface area contributed by atoms with Crippen LogP contribution in [0.3, 0.4) is 0 Å².